The van der Waals surface area contributed by atoms with Gasteiger partial charge in [0.25, 0.3) is 0 Å². The average molecular weight is 394 g/mol. The van der Waals surface area contributed by atoms with E-state index in [1.165, 1.54) is 18.2 Å². The Balaban J connectivity index is 1.58. The molecular weight excluding hydrogens is 383 g/mol. The van der Waals surface area contributed by atoms with Crippen LogP contribution in [-0.4, -0.2) is 22.6 Å². The summed E-state index contributed by atoms with van der Waals surface area (Å²) in [7, 11) is 0. The summed E-state index contributed by atoms with van der Waals surface area (Å²) in [4.78, 5) is 17.6. The van der Waals surface area contributed by atoms with Crippen LogP contribution in [0.5, 0.6) is 0 Å². The molecule has 1 atom stereocenters. The third-order valence-corrected chi connectivity index (χ3v) is 4.60. The monoisotopic (exact) mass is 393 g/mol. The molecule has 4 rings (SSSR count). The SMILES string of the molecule is O=C1CC(c2nc(-c3ccc(Cl)c(F)c3)no2)CN1c1cc(F)ccc1F. The molecule has 1 fully saturated rings. The zero-order valence-electron chi connectivity index (χ0n) is 13.6. The van der Waals surface area contributed by atoms with Gasteiger partial charge in [-0.25, -0.2) is 13.2 Å². The first-order valence-electron chi connectivity index (χ1n) is 7.97. The van der Waals surface area contributed by atoms with Crippen LogP contribution in [0.25, 0.3) is 11.4 Å². The van der Waals surface area contributed by atoms with Crippen LogP contribution >= 0.6 is 11.6 Å². The van der Waals surface area contributed by atoms with Gasteiger partial charge in [0.15, 0.2) is 0 Å². The third-order valence-electron chi connectivity index (χ3n) is 4.29. The van der Waals surface area contributed by atoms with Crippen LogP contribution < -0.4 is 4.90 Å². The fourth-order valence-corrected chi connectivity index (χ4v) is 3.07. The van der Waals surface area contributed by atoms with E-state index in [2.05, 4.69) is 10.1 Å². The molecule has 0 aliphatic carbocycles. The van der Waals surface area contributed by atoms with E-state index in [1.54, 1.807) is 0 Å². The maximum atomic E-state index is 14.0. The molecule has 2 aromatic carbocycles. The number of anilines is 1. The molecule has 1 unspecified atom stereocenters. The van der Waals surface area contributed by atoms with Crippen LogP contribution in [-0.2, 0) is 4.79 Å². The van der Waals surface area contributed by atoms with Crippen molar-refractivity contribution in [2.45, 2.75) is 12.3 Å². The molecule has 0 bridgehead atoms. The lowest BCUT2D eigenvalue weighted by Gasteiger charge is -2.16. The molecule has 0 N–H and O–H groups in total. The number of hydrogen-bond donors (Lipinski definition) is 0. The number of rotatable bonds is 3. The van der Waals surface area contributed by atoms with Crippen molar-refractivity contribution in [3.05, 3.63) is 64.8 Å². The first-order valence-corrected chi connectivity index (χ1v) is 8.34. The highest BCUT2D eigenvalue weighted by atomic mass is 35.5. The lowest BCUT2D eigenvalue weighted by atomic mass is 10.1. The van der Waals surface area contributed by atoms with Gasteiger partial charge in [0.2, 0.25) is 17.6 Å². The minimum atomic E-state index is -0.701. The highest BCUT2D eigenvalue weighted by molar-refractivity contribution is 6.30. The Morgan fingerprint density at radius 2 is 1.93 bits per heavy atom. The molecule has 0 saturated carbocycles. The molecule has 138 valence electrons. The van der Waals surface area contributed by atoms with E-state index in [1.807, 2.05) is 0 Å². The topological polar surface area (TPSA) is 59.2 Å². The van der Waals surface area contributed by atoms with Gasteiger partial charge in [0.05, 0.1) is 16.6 Å². The van der Waals surface area contributed by atoms with Crippen molar-refractivity contribution >= 4 is 23.2 Å². The van der Waals surface area contributed by atoms with Crippen molar-refractivity contribution in [2.75, 3.05) is 11.4 Å². The molecule has 1 amide bonds. The zero-order chi connectivity index (χ0) is 19.1. The van der Waals surface area contributed by atoms with Crippen LogP contribution in [0.3, 0.4) is 0 Å². The standard InChI is InChI=1S/C18H11ClF3N3O2/c19-12-3-1-9(5-14(12)22)17-23-18(27-24-17)10-6-16(26)25(8-10)15-7-11(20)2-4-13(15)21/h1-5,7,10H,6,8H2. The van der Waals surface area contributed by atoms with Gasteiger partial charge < -0.3 is 9.42 Å². The number of halogens is 4. The third kappa shape index (κ3) is 3.28. The largest absolute Gasteiger partial charge is 0.339 e. The maximum Gasteiger partial charge on any atom is 0.232 e. The fraction of sp³-hybridized carbons (Fsp3) is 0.167. The maximum absolute atomic E-state index is 14.0. The van der Waals surface area contributed by atoms with Gasteiger partial charge in [-0.05, 0) is 30.3 Å². The molecule has 3 aromatic rings. The number of benzene rings is 2. The molecule has 2 heterocycles. The summed E-state index contributed by atoms with van der Waals surface area (Å²) >= 11 is 5.65. The van der Waals surface area contributed by atoms with Crippen molar-refractivity contribution in [3.8, 4) is 11.4 Å². The molecule has 1 saturated heterocycles. The predicted octanol–water partition coefficient (Wildman–Crippen LogP) is 4.33. The zero-order valence-corrected chi connectivity index (χ0v) is 14.4. The van der Waals surface area contributed by atoms with E-state index in [4.69, 9.17) is 16.1 Å². The van der Waals surface area contributed by atoms with Gasteiger partial charge >= 0.3 is 0 Å². The minimum Gasteiger partial charge on any atom is -0.339 e. The highest BCUT2D eigenvalue weighted by Gasteiger charge is 2.36. The summed E-state index contributed by atoms with van der Waals surface area (Å²) in [6.45, 7) is 0.0653. The fourth-order valence-electron chi connectivity index (χ4n) is 2.95. The first-order chi connectivity index (χ1) is 12.9. The quantitative estimate of drug-likeness (QED) is 0.664. The van der Waals surface area contributed by atoms with Crippen molar-refractivity contribution in [1.82, 2.24) is 10.1 Å². The number of nitrogens with zero attached hydrogens (tertiary/aromatic N) is 3. The van der Waals surface area contributed by atoms with Gasteiger partial charge in [-0.15, -0.1) is 0 Å². The Morgan fingerprint density at radius 3 is 2.70 bits per heavy atom. The van der Waals surface area contributed by atoms with Crippen molar-refractivity contribution in [2.24, 2.45) is 0 Å². The van der Waals surface area contributed by atoms with Gasteiger partial charge in [-0.2, -0.15) is 4.98 Å². The van der Waals surface area contributed by atoms with Crippen molar-refractivity contribution in [1.29, 1.82) is 0 Å². The van der Waals surface area contributed by atoms with Gasteiger partial charge in [0, 0.05) is 24.6 Å². The van der Waals surface area contributed by atoms with Gasteiger partial charge in [0.1, 0.15) is 17.5 Å². The van der Waals surface area contributed by atoms with E-state index in [9.17, 15) is 18.0 Å². The van der Waals surface area contributed by atoms with E-state index in [0.29, 0.717) is 5.56 Å². The number of carbonyl (C=O) groups is 1. The van der Waals surface area contributed by atoms with E-state index in [-0.39, 0.29) is 41.3 Å². The molecule has 9 heteroatoms. The molecule has 1 aromatic heterocycles. The van der Waals surface area contributed by atoms with Crippen LogP contribution in [0, 0.1) is 17.5 Å². The van der Waals surface area contributed by atoms with Crippen LogP contribution in [0.15, 0.2) is 40.9 Å². The number of carbonyl (C=O) groups excluding carboxylic acids is 1. The van der Waals surface area contributed by atoms with Gasteiger partial charge in [-0.1, -0.05) is 16.8 Å². The highest BCUT2D eigenvalue weighted by Crippen LogP contribution is 2.33. The summed E-state index contributed by atoms with van der Waals surface area (Å²) in [6.07, 6.45) is 0.00651. The second-order valence-electron chi connectivity index (χ2n) is 6.09. The number of amides is 1. The lowest BCUT2D eigenvalue weighted by Crippen LogP contribution is -2.25. The molecule has 1 aliphatic rings. The smallest absolute Gasteiger partial charge is 0.232 e. The van der Waals surface area contributed by atoms with E-state index in [0.717, 1.165) is 23.1 Å². The van der Waals surface area contributed by atoms with Gasteiger partial charge in [-0.3, -0.25) is 4.79 Å². The summed E-state index contributed by atoms with van der Waals surface area (Å²) < 4.78 is 46.2. The van der Waals surface area contributed by atoms with Crippen molar-refractivity contribution < 1.29 is 22.5 Å². The Hall–Kier alpha value is -2.87. The van der Waals surface area contributed by atoms with E-state index < -0.39 is 23.4 Å². The Labute approximate surface area is 156 Å². The minimum absolute atomic E-state index is 0.00651. The van der Waals surface area contributed by atoms with Crippen LogP contribution in [0.2, 0.25) is 5.02 Å². The summed E-state index contributed by atoms with van der Waals surface area (Å²) in [5, 5.41) is 3.77. The second kappa shape index (κ2) is 6.70. The molecule has 0 spiro atoms. The van der Waals surface area contributed by atoms with Crippen LogP contribution in [0.1, 0.15) is 18.2 Å². The molecule has 27 heavy (non-hydrogen) atoms. The molecule has 1 aliphatic heterocycles. The second-order valence-corrected chi connectivity index (χ2v) is 6.49. The van der Waals surface area contributed by atoms with Crippen molar-refractivity contribution in [3.63, 3.8) is 0 Å². The summed E-state index contributed by atoms with van der Waals surface area (Å²) in [5.74, 6) is -2.54. The Kier molecular flexibility index (Phi) is 4.35. The normalized spacial score (nSPS) is 17.0. The van der Waals surface area contributed by atoms with E-state index >= 15 is 0 Å². The molecular formula is C18H11ClF3N3O2. The number of hydrogen-bond acceptors (Lipinski definition) is 4. The average Bonchev–Trinajstić information content (AvgIpc) is 3.26. The summed E-state index contributed by atoms with van der Waals surface area (Å²) in [6, 6.07) is 6.98. The Morgan fingerprint density at radius 1 is 1.11 bits per heavy atom. The lowest BCUT2D eigenvalue weighted by molar-refractivity contribution is -0.117. The van der Waals surface area contributed by atoms with Crippen LogP contribution in [0.4, 0.5) is 18.9 Å². The summed E-state index contributed by atoms with van der Waals surface area (Å²) in [5.41, 5.74) is 0.228. The molecule has 5 nitrogen and oxygen atoms in total. The molecule has 0 radical (unpaired) electrons. The first kappa shape index (κ1) is 17.5. The Bertz CT molecular complexity index is 1040. The predicted molar refractivity (Wildman–Crippen MR) is 90.8 cm³/mol. The number of aromatic nitrogens is 2.